The summed E-state index contributed by atoms with van der Waals surface area (Å²) < 4.78 is 0. The number of aliphatic carboxylic acids is 1. The van der Waals surface area contributed by atoms with Gasteiger partial charge in [0, 0.05) is 18.8 Å². The zero-order chi connectivity index (χ0) is 14.0. The van der Waals surface area contributed by atoms with Crippen LogP contribution in [0.1, 0.15) is 33.1 Å². The molecule has 1 atom stereocenters. The lowest BCUT2D eigenvalue weighted by Crippen LogP contribution is -2.48. The van der Waals surface area contributed by atoms with Gasteiger partial charge in [0.2, 0.25) is 0 Å². The summed E-state index contributed by atoms with van der Waals surface area (Å²) in [5.41, 5.74) is 0.237. The first-order valence-corrected chi connectivity index (χ1v) is 8.04. The van der Waals surface area contributed by atoms with Crippen LogP contribution in [0, 0.1) is 5.41 Å². The molecule has 0 saturated carbocycles. The average molecular weight is 286 g/mol. The summed E-state index contributed by atoms with van der Waals surface area (Å²) in [5.74, 6) is 0.105. The minimum atomic E-state index is -0.894. The van der Waals surface area contributed by atoms with Crippen molar-refractivity contribution < 1.29 is 14.7 Å². The molecule has 2 heterocycles. The van der Waals surface area contributed by atoms with Crippen LogP contribution in [0.4, 0.5) is 4.79 Å². The van der Waals surface area contributed by atoms with E-state index in [0.29, 0.717) is 11.6 Å². The minimum Gasteiger partial charge on any atom is -0.480 e. The van der Waals surface area contributed by atoms with Crippen LogP contribution in [0.25, 0.3) is 0 Å². The normalized spacial score (nSPS) is 25.9. The van der Waals surface area contributed by atoms with Crippen LogP contribution in [0.3, 0.4) is 0 Å². The summed E-state index contributed by atoms with van der Waals surface area (Å²) in [6.07, 6.45) is 3.18. The highest BCUT2D eigenvalue weighted by molar-refractivity contribution is 7.99. The number of carboxylic acids is 1. The molecule has 0 aromatic carbocycles. The Kier molecular flexibility index (Phi) is 4.28. The van der Waals surface area contributed by atoms with Crippen LogP contribution < -0.4 is 0 Å². The van der Waals surface area contributed by atoms with E-state index in [9.17, 15) is 9.59 Å². The highest BCUT2D eigenvalue weighted by Gasteiger charge is 2.42. The molecule has 19 heavy (non-hydrogen) atoms. The van der Waals surface area contributed by atoms with Gasteiger partial charge in [-0.1, -0.05) is 13.8 Å². The van der Waals surface area contributed by atoms with E-state index in [1.807, 2.05) is 4.90 Å². The fraction of sp³-hybridized carbons (Fsp3) is 0.846. The van der Waals surface area contributed by atoms with Gasteiger partial charge in [-0.15, -0.1) is 11.8 Å². The summed E-state index contributed by atoms with van der Waals surface area (Å²) in [6, 6.07) is -0.753. The van der Waals surface area contributed by atoms with Crippen LogP contribution in [0.2, 0.25) is 0 Å². The van der Waals surface area contributed by atoms with Gasteiger partial charge in [-0.3, -0.25) is 0 Å². The van der Waals surface area contributed by atoms with Gasteiger partial charge < -0.3 is 14.9 Å². The van der Waals surface area contributed by atoms with Crippen molar-refractivity contribution >= 4 is 23.8 Å². The standard InChI is InChI=1S/C13H22N2O3S/c1-3-13(4-2)5-6-14(8-13)12(18)15-9-19-7-10(15)11(16)17/h10H,3-9H2,1-2H3,(H,16,17)/t10-/m0/s1. The van der Waals surface area contributed by atoms with Crippen LogP contribution in [-0.4, -0.2) is 57.7 Å². The Morgan fingerprint density at radius 1 is 1.37 bits per heavy atom. The lowest BCUT2D eigenvalue weighted by atomic mass is 9.82. The third-order valence-corrected chi connectivity index (χ3v) is 5.63. The molecular weight excluding hydrogens is 264 g/mol. The van der Waals surface area contributed by atoms with Crippen molar-refractivity contribution in [2.75, 3.05) is 24.7 Å². The van der Waals surface area contributed by atoms with Crippen molar-refractivity contribution in [1.29, 1.82) is 0 Å². The van der Waals surface area contributed by atoms with Crippen molar-refractivity contribution in [2.24, 2.45) is 5.41 Å². The summed E-state index contributed by atoms with van der Waals surface area (Å²) in [5, 5.41) is 9.14. The lowest BCUT2D eigenvalue weighted by molar-refractivity contribution is -0.140. The predicted molar refractivity (Wildman–Crippen MR) is 75.2 cm³/mol. The molecule has 0 aromatic heterocycles. The largest absolute Gasteiger partial charge is 0.480 e. The molecule has 2 saturated heterocycles. The first kappa shape index (κ1) is 14.5. The van der Waals surface area contributed by atoms with Gasteiger partial charge in [-0.2, -0.15) is 0 Å². The van der Waals surface area contributed by atoms with E-state index in [-0.39, 0.29) is 11.4 Å². The second-order valence-corrected chi connectivity index (χ2v) is 6.48. The van der Waals surface area contributed by atoms with E-state index < -0.39 is 12.0 Å². The smallest absolute Gasteiger partial charge is 0.327 e. The number of carbonyl (C=O) groups is 2. The minimum absolute atomic E-state index is 0.0961. The number of hydrogen-bond donors (Lipinski definition) is 1. The van der Waals surface area contributed by atoms with E-state index in [4.69, 9.17) is 5.11 Å². The molecule has 0 bridgehead atoms. The van der Waals surface area contributed by atoms with E-state index in [1.165, 1.54) is 16.7 Å². The third kappa shape index (κ3) is 2.68. The first-order chi connectivity index (χ1) is 9.03. The van der Waals surface area contributed by atoms with E-state index in [0.717, 1.165) is 32.4 Å². The molecule has 0 aromatic rings. The first-order valence-electron chi connectivity index (χ1n) is 6.89. The van der Waals surface area contributed by atoms with Gasteiger partial charge in [0.1, 0.15) is 6.04 Å². The Bertz CT molecular complexity index is 371. The van der Waals surface area contributed by atoms with E-state index in [1.54, 1.807) is 0 Å². The Balaban J connectivity index is 2.03. The SMILES string of the molecule is CCC1(CC)CCN(C(=O)N2CSC[C@H]2C(=O)O)C1. The molecule has 2 aliphatic heterocycles. The Hall–Kier alpha value is -0.910. The summed E-state index contributed by atoms with van der Waals surface area (Å²) >= 11 is 1.51. The zero-order valence-electron chi connectivity index (χ0n) is 11.6. The van der Waals surface area contributed by atoms with Gasteiger partial charge in [0.25, 0.3) is 0 Å². The number of carbonyl (C=O) groups excluding carboxylic acids is 1. The number of nitrogens with zero attached hydrogens (tertiary/aromatic N) is 2. The molecule has 0 unspecified atom stereocenters. The summed E-state index contributed by atoms with van der Waals surface area (Å²) in [4.78, 5) is 27.0. The lowest BCUT2D eigenvalue weighted by Gasteiger charge is -2.29. The second-order valence-electron chi connectivity index (χ2n) is 5.48. The Morgan fingerprint density at radius 2 is 2.05 bits per heavy atom. The number of urea groups is 1. The van der Waals surface area contributed by atoms with Crippen molar-refractivity contribution in [2.45, 2.75) is 39.2 Å². The number of likely N-dealkylation sites (tertiary alicyclic amines) is 1. The molecule has 2 amide bonds. The van der Waals surface area contributed by atoms with E-state index >= 15 is 0 Å². The molecule has 0 radical (unpaired) electrons. The number of carboxylic acid groups (broad SMARTS) is 1. The number of thioether (sulfide) groups is 1. The summed E-state index contributed by atoms with van der Waals surface area (Å²) in [6.45, 7) is 5.87. The van der Waals surface area contributed by atoms with Crippen LogP contribution in [0.15, 0.2) is 0 Å². The molecular formula is C13H22N2O3S. The molecule has 2 aliphatic rings. The Labute approximate surface area is 118 Å². The van der Waals surface area contributed by atoms with Gasteiger partial charge in [-0.05, 0) is 24.7 Å². The van der Waals surface area contributed by atoms with Crippen LogP contribution in [-0.2, 0) is 4.79 Å². The zero-order valence-corrected chi connectivity index (χ0v) is 12.4. The van der Waals surface area contributed by atoms with Crippen molar-refractivity contribution in [1.82, 2.24) is 9.80 Å². The van der Waals surface area contributed by atoms with Crippen molar-refractivity contribution in [3.8, 4) is 0 Å². The fourth-order valence-corrected chi connectivity index (χ4v) is 4.08. The second kappa shape index (κ2) is 5.61. The summed E-state index contributed by atoms with van der Waals surface area (Å²) in [7, 11) is 0. The van der Waals surface area contributed by atoms with Gasteiger partial charge in [-0.25, -0.2) is 9.59 Å². The fourth-order valence-electron chi connectivity index (χ4n) is 2.94. The number of hydrogen-bond acceptors (Lipinski definition) is 3. The van der Waals surface area contributed by atoms with Gasteiger partial charge >= 0.3 is 12.0 Å². The van der Waals surface area contributed by atoms with Crippen LogP contribution >= 0.6 is 11.8 Å². The topological polar surface area (TPSA) is 60.9 Å². The average Bonchev–Trinajstić information content (AvgIpc) is 3.05. The molecule has 0 aliphatic carbocycles. The highest BCUT2D eigenvalue weighted by Crippen LogP contribution is 2.38. The molecule has 5 nitrogen and oxygen atoms in total. The Morgan fingerprint density at radius 3 is 2.58 bits per heavy atom. The molecule has 0 spiro atoms. The predicted octanol–water partition coefficient (Wildman–Crippen LogP) is 2.08. The van der Waals surface area contributed by atoms with Gasteiger partial charge in [0.15, 0.2) is 0 Å². The molecule has 108 valence electrons. The molecule has 1 N–H and O–H groups in total. The molecule has 6 heteroatoms. The van der Waals surface area contributed by atoms with Crippen LogP contribution in [0.5, 0.6) is 0 Å². The van der Waals surface area contributed by atoms with E-state index in [2.05, 4.69) is 13.8 Å². The van der Waals surface area contributed by atoms with Crippen molar-refractivity contribution in [3.05, 3.63) is 0 Å². The van der Waals surface area contributed by atoms with Gasteiger partial charge in [0.05, 0.1) is 5.88 Å². The van der Waals surface area contributed by atoms with Crippen molar-refractivity contribution in [3.63, 3.8) is 0 Å². The molecule has 2 fully saturated rings. The third-order valence-electron chi connectivity index (χ3n) is 4.62. The maximum Gasteiger partial charge on any atom is 0.327 e. The number of rotatable bonds is 3. The molecule has 2 rings (SSSR count). The monoisotopic (exact) mass is 286 g/mol. The highest BCUT2D eigenvalue weighted by atomic mass is 32.2. The maximum absolute atomic E-state index is 12.5. The quantitative estimate of drug-likeness (QED) is 0.863. The maximum atomic E-state index is 12.5. The number of amides is 2.